The van der Waals surface area contributed by atoms with Crippen LogP contribution in [0.4, 0.5) is 10.7 Å². The predicted molar refractivity (Wildman–Crippen MR) is 159 cm³/mol. The Bertz CT molecular complexity index is 1480. The fraction of sp³-hybridized carbons (Fsp3) is 0.286. The number of aliphatic imine (C=N–C) groups is 1. The van der Waals surface area contributed by atoms with Gasteiger partial charge in [-0.25, -0.2) is 15.0 Å². The average Bonchev–Trinajstić information content (AvgIpc) is 3.43. The lowest BCUT2D eigenvalue weighted by Crippen LogP contribution is -2.27. The first kappa shape index (κ1) is 27.1. The molecule has 3 heterocycles. The van der Waals surface area contributed by atoms with Crippen molar-refractivity contribution in [2.75, 3.05) is 5.32 Å². The Morgan fingerprint density at radius 3 is 2.71 bits per heavy atom. The third-order valence-electron chi connectivity index (χ3n) is 6.51. The second-order valence-corrected chi connectivity index (χ2v) is 13.4. The Balaban J connectivity index is 1.45. The van der Waals surface area contributed by atoms with Crippen LogP contribution in [-0.2, 0) is 12.8 Å². The van der Waals surface area contributed by atoms with E-state index in [0.29, 0.717) is 43.2 Å². The molecule has 0 unspecified atom stereocenters. The highest BCUT2D eigenvalue weighted by molar-refractivity contribution is 9.10. The van der Waals surface area contributed by atoms with E-state index >= 15 is 0 Å². The third kappa shape index (κ3) is 6.22. The van der Waals surface area contributed by atoms with Gasteiger partial charge in [0.05, 0.1) is 16.3 Å². The van der Waals surface area contributed by atoms with Crippen molar-refractivity contribution in [1.29, 1.82) is 0 Å². The van der Waals surface area contributed by atoms with Crippen LogP contribution in [0.2, 0.25) is 5.02 Å². The van der Waals surface area contributed by atoms with Crippen LogP contribution in [0.15, 0.2) is 72.9 Å². The minimum Gasteiger partial charge on any atom is -0.447 e. The van der Waals surface area contributed by atoms with Gasteiger partial charge in [-0.3, -0.25) is 4.79 Å². The Morgan fingerprint density at radius 2 is 2.00 bits per heavy atom. The van der Waals surface area contributed by atoms with E-state index in [1.54, 1.807) is 60.3 Å². The lowest BCUT2D eigenvalue weighted by Gasteiger charge is -2.33. The van der Waals surface area contributed by atoms with Crippen LogP contribution in [0.3, 0.4) is 0 Å². The SMILES string of the molecule is CC(C)(C)[C@H]1CCc2c(sc(N=Cc3cc(Br)c(Sc4ncccn4)o3)c2C(=O)Nc2ccc(Cl)cc2)C1. The van der Waals surface area contributed by atoms with Crippen LogP contribution in [0.1, 0.15) is 53.8 Å². The molecule has 6 nitrogen and oxygen atoms in total. The minimum absolute atomic E-state index is 0.163. The number of anilines is 1. The highest BCUT2D eigenvalue weighted by Crippen LogP contribution is 2.45. The van der Waals surface area contributed by atoms with E-state index in [4.69, 9.17) is 21.0 Å². The molecule has 0 saturated carbocycles. The Kier molecular flexibility index (Phi) is 8.09. The smallest absolute Gasteiger partial charge is 0.259 e. The number of aromatic nitrogens is 2. The standard InChI is InChI=1S/C28H26BrClN4O2S2/c1-28(2,3)16-5-10-20-22(13-16)37-25(23(20)24(35)34-18-8-6-17(30)7-9-18)33-15-19-14-21(29)26(36-19)38-27-31-11-4-12-32-27/h4,6-9,11-12,14-16H,5,10,13H2,1-3H3,(H,34,35)/t16-/m0/s1. The molecular weight excluding hydrogens is 604 g/mol. The van der Waals surface area contributed by atoms with Gasteiger partial charge in [0.25, 0.3) is 5.91 Å². The number of nitrogens with zero attached hydrogens (tertiary/aromatic N) is 3. The summed E-state index contributed by atoms with van der Waals surface area (Å²) in [5.74, 6) is 0.959. The van der Waals surface area contributed by atoms with Gasteiger partial charge in [-0.1, -0.05) is 32.4 Å². The number of fused-ring (bicyclic) bond motifs is 1. The molecule has 196 valence electrons. The molecule has 1 N–H and O–H groups in total. The lowest BCUT2D eigenvalue weighted by atomic mass is 9.72. The summed E-state index contributed by atoms with van der Waals surface area (Å²) in [7, 11) is 0. The van der Waals surface area contributed by atoms with E-state index in [1.165, 1.54) is 16.6 Å². The summed E-state index contributed by atoms with van der Waals surface area (Å²) in [6.45, 7) is 6.86. The molecule has 3 aromatic heterocycles. The Morgan fingerprint density at radius 1 is 1.26 bits per heavy atom. The summed E-state index contributed by atoms with van der Waals surface area (Å²) < 4.78 is 6.78. The highest BCUT2D eigenvalue weighted by Gasteiger charge is 2.33. The number of hydrogen-bond donors (Lipinski definition) is 1. The number of thiophene rings is 1. The molecule has 0 aliphatic heterocycles. The van der Waals surface area contributed by atoms with E-state index in [1.807, 2.05) is 6.07 Å². The molecule has 38 heavy (non-hydrogen) atoms. The van der Waals surface area contributed by atoms with Gasteiger partial charge in [-0.2, -0.15) is 0 Å². The van der Waals surface area contributed by atoms with E-state index in [-0.39, 0.29) is 11.3 Å². The van der Waals surface area contributed by atoms with Crippen LogP contribution in [0.5, 0.6) is 0 Å². The molecule has 1 aliphatic carbocycles. The maximum absolute atomic E-state index is 13.5. The molecule has 1 aromatic carbocycles. The fourth-order valence-corrected chi connectivity index (χ4v) is 7.04. The predicted octanol–water partition coefficient (Wildman–Crippen LogP) is 8.85. The van der Waals surface area contributed by atoms with Gasteiger partial charge in [0.2, 0.25) is 0 Å². The molecule has 4 aromatic rings. The molecule has 0 radical (unpaired) electrons. The number of rotatable bonds is 6. The van der Waals surface area contributed by atoms with Crippen molar-refractivity contribution in [3.05, 3.63) is 80.1 Å². The summed E-state index contributed by atoms with van der Waals surface area (Å²) >= 11 is 12.5. The van der Waals surface area contributed by atoms with Crippen molar-refractivity contribution in [1.82, 2.24) is 9.97 Å². The number of hydrogen-bond acceptors (Lipinski definition) is 7. The highest BCUT2D eigenvalue weighted by atomic mass is 79.9. The fourth-order valence-electron chi connectivity index (χ4n) is 4.41. The summed E-state index contributed by atoms with van der Waals surface area (Å²) in [5.41, 5.74) is 2.64. The number of halogens is 2. The number of amides is 1. The van der Waals surface area contributed by atoms with Gasteiger partial charge in [-0.05, 0) is 94.2 Å². The van der Waals surface area contributed by atoms with E-state index in [2.05, 4.69) is 52.0 Å². The molecule has 0 spiro atoms. The first-order chi connectivity index (χ1) is 18.2. The first-order valence-electron chi connectivity index (χ1n) is 12.2. The Hall–Kier alpha value is -2.46. The van der Waals surface area contributed by atoms with Crippen LogP contribution in [-0.4, -0.2) is 22.1 Å². The second kappa shape index (κ2) is 11.3. The first-order valence-corrected chi connectivity index (χ1v) is 15.0. The Labute approximate surface area is 243 Å². The molecule has 1 atom stereocenters. The zero-order valence-electron chi connectivity index (χ0n) is 21.1. The zero-order valence-corrected chi connectivity index (χ0v) is 25.1. The maximum Gasteiger partial charge on any atom is 0.259 e. The molecule has 10 heteroatoms. The van der Waals surface area contributed by atoms with Gasteiger partial charge in [0.1, 0.15) is 10.8 Å². The number of benzene rings is 1. The molecule has 5 rings (SSSR count). The number of nitrogens with one attached hydrogen (secondary N) is 1. The summed E-state index contributed by atoms with van der Waals surface area (Å²) in [6.07, 6.45) is 7.90. The summed E-state index contributed by atoms with van der Waals surface area (Å²) in [4.78, 5) is 28.0. The topological polar surface area (TPSA) is 80.4 Å². The molecule has 0 bridgehead atoms. The van der Waals surface area contributed by atoms with Crippen LogP contribution in [0, 0.1) is 11.3 Å². The van der Waals surface area contributed by atoms with Gasteiger partial charge in [0.15, 0.2) is 10.2 Å². The van der Waals surface area contributed by atoms with Crippen LogP contribution in [0.25, 0.3) is 0 Å². The molecule has 0 saturated heterocycles. The average molecular weight is 630 g/mol. The van der Waals surface area contributed by atoms with Gasteiger partial charge < -0.3 is 9.73 Å². The van der Waals surface area contributed by atoms with Crippen LogP contribution >= 0.6 is 50.6 Å². The van der Waals surface area contributed by atoms with Gasteiger partial charge in [0, 0.05) is 34.0 Å². The van der Waals surface area contributed by atoms with E-state index in [9.17, 15) is 4.79 Å². The number of carbonyl (C=O) groups excluding carboxylic acids is 1. The summed E-state index contributed by atoms with van der Waals surface area (Å²) in [5, 5.41) is 5.56. The second-order valence-electron chi connectivity index (χ2n) is 10.1. The van der Waals surface area contributed by atoms with Crippen molar-refractivity contribution >= 4 is 73.4 Å². The molecule has 1 aliphatic rings. The molecular formula is C28H26BrClN4O2S2. The van der Waals surface area contributed by atoms with Crippen molar-refractivity contribution < 1.29 is 9.21 Å². The normalized spacial score (nSPS) is 15.6. The van der Waals surface area contributed by atoms with Crippen LogP contribution < -0.4 is 5.32 Å². The van der Waals surface area contributed by atoms with Crippen molar-refractivity contribution in [3.8, 4) is 0 Å². The lowest BCUT2D eigenvalue weighted by molar-refractivity contribution is 0.102. The molecule has 1 amide bonds. The van der Waals surface area contributed by atoms with E-state index in [0.717, 1.165) is 29.3 Å². The van der Waals surface area contributed by atoms with Crippen molar-refractivity contribution in [3.63, 3.8) is 0 Å². The monoisotopic (exact) mass is 628 g/mol. The molecule has 0 fully saturated rings. The van der Waals surface area contributed by atoms with Gasteiger partial charge >= 0.3 is 0 Å². The summed E-state index contributed by atoms with van der Waals surface area (Å²) in [6, 6.07) is 10.7. The largest absolute Gasteiger partial charge is 0.447 e. The maximum atomic E-state index is 13.5. The van der Waals surface area contributed by atoms with Crippen molar-refractivity contribution in [2.45, 2.75) is 50.3 Å². The van der Waals surface area contributed by atoms with Crippen molar-refractivity contribution in [2.24, 2.45) is 16.3 Å². The number of carbonyl (C=O) groups is 1. The van der Waals surface area contributed by atoms with Gasteiger partial charge in [-0.15, -0.1) is 11.3 Å². The minimum atomic E-state index is -0.163. The zero-order chi connectivity index (χ0) is 26.9. The quantitative estimate of drug-likeness (QED) is 0.170. The number of furan rings is 1. The third-order valence-corrected chi connectivity index (χ3v) is 9.66. The van der Waals surface area contributed by atoms with E-state index < -0.39 is 0 Å².